The van der Waals surface area contributed by atoms with Gasteiger partial charge in [-0.15, -0.1) is 11.3 Å². The number of piperidine rings is 1. The summed E-state index contributed by atoms with van der Waals surface area (Å²) in [6, 6.07) is 2.95. The van der Waals surface area contributed by atoms with E-state index in [0.29, 0.717) is 37.0 Å². The molecule has 174 valence electrons. The first kappa shape index (κ1) is 24.1. The van der Waals surface area contributed by atoms with Crippen LogP contribution in [0.1, 0.15) is 22.4 Å². The zero-order valence-electron chi connectivity index (χ0n) is 16.4. The third-order valence-corrected chi connectivity index (χ3v) is 5.93. The van der Waals surface area contributed by atoms with Gasteiger partial charge >= 0.3 is 18.3 Å². The number of carboxylic acids is 1. The fourth-order valence-corrected chi connectivity index (χ4v) is 4.26. The lowest BCUT2D eigenvalue weighted by Gasteiger charge is -2.27. The minimum atomic E-state index is -4.97. The van der Waals surface area contributed by atoms with E-state index in [0.717, 1.165) is 17.4 Å². The molecule has 0 bridgehead atoms. The van der Waals surface area contributed by atoms with Crippen LogP contribution in [0.15, 0.2) is 34.7 Å². The van der Waals surface area contributed by atoms with Gasteiger partial charge in [0.05, 0.1) is 28.1 Å². The van der Waals surface area contributed by atoms with Crippen LogP contribution in [0.4, 0.5) is 26.3 Å². The maximum atomic E-state index is 13.5. The monoisotopic (exact) mass is 479 g/mol. The summed E-state index contributed by atoms with van der Waals surface area (Å²) in [4.78, 5) is 11.4. The Morgan fingerprint density at radius 2 is 1.91 bits per heavy atom. The summed E-state index contributed by atoms with van der Waals surface area (Å²) in [5.74, 6) is -1.37. The standard InChI is InChI=1S/C20H19F6N3O2S/c21-19(22,23)13-1-2-14(16(6-13)20(24,25)26)15-3-4-32-17(15)10-29-28-8-11-5-12(18(30)31)9-27-7-11/h1-4,6,10-12,27-28H,5,7-9H2,(H,30,31)/b29-10+/t11-,12+/m0/s1. The number of hydrogen-bond donors (Lipinski definition) is 3. The molecule has 0 unspecified atom stereocenters. The summed E-state index contributed by atoms with van der Waals surface area (Å²) in [6.07, 6.45) is -8.09. The van der Waals surface area contributed by atoms with Gasteiger partial charge in [-0.05, 0) is 48.0 Å². The molecule has 2 atom stereocenters. The first-order chi connectivity index (χ1) is 15.0. The van der Waals surface area contributed by atoms with Gasteiger partial charge in [-0.3, -0.25) is 4.79 Å². The molecular formula is C20H19F6N3O2S. The van der Waals surface area contributed by atoms with Gasteiger partial charge in [-0.25, -0.2) is 0 Å². The zero-order chi connectivity index (χ0) is 23.5. The molecule has 2 aromatic rings. The van der Waals surface area contributed by atoms with Gasteiger partial charge in [0.15, 0.2) is 0 Å². The Kier molecular flexibility index (Phi) is 7.13. The smallest absolute Gasteiger partial charge is 0.417 e. The van der Waals surface area contributed by atoms with Crippen LogP contribution in [0.5, 0.6) is 0 Å². The number of rotatable bonds is 6. The number of benzene rings is 1. The predicted octanol–water partition coefficient (Wildman–Crippen LogP) is 4.69. The van der Waals surface area contributed by atoms with E-state index >= 15 is 0 Å². The van der Waals surface area contributed by atoms with E-state index in [1.807, 2.05) is 0 Å². The van der Waals surface area contributed by atoms with E-state index < -0.39 is 35.4 Å². The number of carbonyl (C=O) groups is 1. The average molecular weight is 479 g/mol. The molecule has 3 N–H and O–H groups in total. The molecule has 0 saturated carbocycles. The predicted molar refractivity (Wildman–Crippen MR) is 107 cm³/mol. The number of halogens is 6. The number of nitrogens with one attached hydrogen (secondary N) is 2. The van der Waals surface area contributed by atoms with E-state index in [4.69, 9.17) is 5.11 Å². The third-order valence-electron chi connectivity index (χ3n) is 5.08. The summed E-state index contributed by atoms with van der Waals surface area (Å²) in [5.41, 5.74) is -0.219. The second-order valence-electron chi connectivity index (χ2n) is 7.37. The Balaban J connectivity index is 1.76. The van der Waals surface area contributed by atoms with E-state index in [9.17, 15) is 31.1 Å². The topological polar surface area (TPSA) is 73.7 Å². The van der Waals surface area contributed by atoms with Crippen LogP contribution >= 0.6 is 11.3 Å². The van der Waals surface area contributed by atoms with Crippen LogP contribution in [0.3, 0.4) is 0 Å². The van der Waals surface area contributed by atoms with E-state index in [2.05, 4.69) is 15.8 Å². The lowest BCUT2D eigenvalue weighted by atomic mass is 9.91. The summed E-state index contributed by atoms with van der Waals surface area (Å²) >= 11 is 1.09. The van der Waals surface area contributed by atoms with Gasteiger partial charge in [-0.2, -0.15) is 31.4 Å². The summed E-state index contributed by atoms with van der Waals surface area (Å²) in [7, 11) is 0. The van der Waals surface area contributed by atoms with Crippen molar-refractivity contribution >= 4 is 23.5 Å². The molecule has 3 rings (SSSR count). The molecule has 2 heterocycles. The first-order valence-electron chi connectivity index (χ1n) is 9.52. The molecule has 32 heavy (non-hydrogen) atoms. The molecule has 0 amide bonds. The second-order valence-corrected chi connectivity index (χ2v) is 8.32. The molecule has 5 nitrogen and oxygen atoms in total. The van der Waals surface area contributed by atoms with Crippen LogP contribution < -0.4 is 10.7 Å². The molecule has 1 aliphatic rings. The number of hydrogen-bond acceptors (Lipinski definition) is 5. The summed E-state index contributed by atoms with van der Waals surface area (Å²) in [6.45, 7) is 1.36. The number of nitrogens with zero attached hydrogens (tertiary/aromatic N) is 1. The van der Waals surface area contributed by atoms with Crippen LogP contribution in [0, 0.1) is 11.8 Å². The fourth-order valence-electron chi connectivity index (χ4n) is 3.49. The molecular weight excluding hydrogens is 460 g/mol. The normalized spacial score (nSPS) is 19.9. The number of alkyl halides is 6. The fraction of sp³-hybridized carbons (Fsp3) is 0.400. The molecule has 1 aromatic heterocycles. The minimum absolute atomic E-state index is 0.0107. The molecule has 0 aliphatic carbocycles. The first-order valence-corrected chi connectivity index (χ1v) is 10.4. The van der Waals surface area contributed by atoms with Crippen molar-refractivity contribution in [2.24, 2.45) is 16.9 Å². The van der Waals surface area contributed by atoms with Crippen molar-refractivity contribution in [3.63, 3.8) is 0 Å². The van der Waals surface area contributed by atoms with Gasteiger partial charge in [-0.1, -0.05) is 6.07 Å². The Morgan fingerprint density at radius 3 is 2.56 bits per heavy atom. The third kappa shape index (κ3) is 5.80. The SMILES string of the molecule is O=C(O)[C@H]1CNC[C@@H](CN/N=C/c2sccc2-c2ccc(C(F)(F)F)cc2C(F)(F)F)C1. The van der Waals surface area contributed by atoms with E-state index in [-0.39, 0.29) is 23.1 Å². The molecule has 1 aromatic carbocycles. The Hall–Kier alpha value is -2.60. The highest BCUT2D eigenvalue weighted by atomic mass is 32.1. The van der Waals surface area contributed by atoms with Gasteiger partial charge in [0, 0.05) is 18.7 Å². The number of carboxylic acid groups (broad SMARTS) is 1. The second kappa shape index (κ2) is 9.49. The Bertz CT molecular complexity index is 986. The van der Waals surface area contributed by atoms with Gasteiger partial charge in [0.1, 0.15) is 0 Å². The van der Waals surface area contributed by atoms with Crippen LogP contribution in [0.25, 0.3) is 11.1 Å². The highest BCUT2D eigenvalue weighted by Crippen LogP contribution is 2.42. The quantitative estimate of drug-likeness (QED) is 0.320. The lowest BCUT2D eigenvalue weighted by Crippen LogP contribution is -2.42. The van der Waals surface area contributed by atoms with E-state index in [1.54, 1.807) is 0 Å². The van der Waals surface area contributed by atoms with Gasteiger partial charge in [0.25, 0.3) is 0 Å². The average Bonchev–Trinajstić information content (AvgIpc) is 3.18. The zero-order valence-corrected chi connectivity index (χ0v) is 17.2. The Labute approximate surface area is 183 Å². The van der Waals surface area contributed by atoms with Crippen molar-refractivity contribution in [1.29, 1.82) is 0 Å². The van der Waals surface area contributed by atoms with Crippen LogP contribution in [-0.4, -0.2) is 36.9 Å². The van der Waals surface area contributed by atoms with Crippen molar-refractivity contribution in [1.82, 2.24) is 10.7 Å². The summed E-state index contributed by atoms with van der Waals surface area (Å²) < 4.78 is 79.2. The highest BCUT2D eigenvalue weighted by molar-refractivity contribution is 7.12. The van der Waals surface area contributed by atoms with Crippen LogP contribution in [-0.2, 0) is 17.1 Å². The highest BCUT2D eigenvalue weighted by Gasteiger charge is 2.38. The largest absolute Gasteiger partial charge is 0.481 e. The minimum Gasteiger partial charge on any atom is -0.481 e. The lowest BCUT2D eigenvalue weighted by molar-refractivity contribution is -0.144. The Morgan fingerprint density at radius 1 is 1.16 bits per heavy atom. The molecule has 1 saturated heterocycles. The van der Waals surface area contributed by atoms with E-state index in [1.165, 1.54) is 17.7 Å². The number of aliphatic carboxylic acids is 1. The van der Waals surface area contributed by atoms with Crippen molar-refractivity contribution < 1.29 is 36.2 Å². The molecule has 12 heteroatoms. The van der Waals surface area contributed by atoms with Crippen molar-refractivity contribution in [3.05, 3.63) is 45.6 Å². The van der Waals surface area contributed by atoms with Crippen molar-refractivity contribution in [2.75, 3.05) is 19.6 Å². The molecule has 1 fully saturated rings. The maximum absolute atomic E-state index is 13.5. The number of hydrazone groups is 1. The number of thiophene rings is 1. The molecule has 1 aliphatic heterocycles. The molecule has 0 spiro atoms. The summed E-state index contributed by atoms with van der Waals surface area (Å²) in [5, 5.41) is 17.7. The van der Waals surface area contributed by atoms with Crippen LogP contribution in [0.2, 0.25) is 0 Å². The maximum Gasteiger partial charge on any atom is 0.417 e. The van der Waals surface area contributed by atoms with Gasteiger partial charge in [0.2, 0.25) is 0 Å². The van der Waals surface area contributed by atoms with Crippen molar-refractivity contribution in [3.8, 4) is 11.1 Å². The van der Waals surface area contributed by atoms with Gasteiger partial charge < -0.3 is 15.8 Å². The molecule has 0 radical (unpaired) electrons. The van der Waals surface area contributed by atoms with Crippen molar-refractivity contribution in [2.45, 2.75) is 18.8 Å².